The SMILES string of the molecule is COc1c(OCc2ccc(C(=O)O)o2)cccc1C1SC(c2ccc(F)cc2)=NN1C(=O)c1ccc(N(C)C)cc1. The molecule has 5 rings (SSSR count). The van der Waals surface area contributed by atoms with Gasteiger partial charge in [-0.2, -0.15) is 5.10 Å². The van der Waals surface area contributed by atoms with Crippen molar-refractivity contribution in [3.63, 3.8) is 0 Å². The number of carbonyl (C=O) groups is 2. The Morgan fingerprint density at radius 3 is 2.41 bits per heavy atom. The highest BCUT2D eigenvalue weighted by molar-refractivity contribution is 8.14. The van der Waals surface area contributed by atoms with Crippen molar-refractivity contribution >= 4 is 34.4 Å². The van der Waals surface area contributed by atoms with Crippen LogP contribution < -0.4 is 14.4 Å². The zero-order chi connectivity index (χ0) is 29.1. The lowest BCUT2D eigenvalue weighted by Crippen LogP contribution is -2.26. The van der Waals surface area contributed by atoms with Gasteiger partial charge < -0.3 is 23.9 Å². The number of carboxylic acid groups (broad SMARTS) is 1. The minimum Gasteiger partial charge on any atom is -0.492 e. The number of nitrogens with zero attached hydrogens (tertiary/aromatic N) is 3. The molecule has 0 bridgehead atoms. The summed E-state index contributed by atoms with van der Waals surface area (Å²) >= 11 is 1.33. The van der Waals surface area contributed by atoms with Crippen molar-refractivity contribution in [2.75, 3.05) is 26.1 Å². The second kappa shape index (κ2) is 11.8. The van der Waals surface area contributed by atoms with Crippen molar-refractivity contribution in [1.29, 1.82) is 0 Å². The number of anilines is 1. The largest absolute Gasteiger partial charge is 0.492 e. The molecule has 210 valence electrons. The standard InChI is InChI=1S/C30H26FN3O6S/c1-33(2)21-13-9-19(10-14-21)28(35)34-29(41-27(32-34)18-7-11-20(31)12-8-18)23-5-4-6-24(26(23)38-3)39-17-22-15-16-25(40-22)30(36)37/h4-16,29H,17H2,1-3H3,(H,36,37). The molecule has 1 N–H and O–H groups in total. The number of para-hydroxylation sites is 1. The maximum atomic E-state index is 13.8. The number of halogens is 1. The average molecular weight is 576 g/mol. The molecule has 1 amide bonds. The first-order chi connectivity index (χ1) is 19.7. The van der Waals surface area contributed by atoms with Gasteiger partial charge in [0.25, 0.3) is 5.91 Å². The van der Waals surface area contributed by atoms with E-state index in [4.69, 9.17) is 19.0 Å². The van der Waals surface area contributed by atoms with Crippen molar-refractivity contribution in [3.8, 4) is 11.5 Å². The number of amides is 1. The fourth-order valence-electron chi connectivity index (χ4n) is 4.21. The quantitative estimate of drug-likeness (QED) is 0.258. The Balaban J connectivity index is 1.48. The molecule has 0 aliphatic carbocycles. The normalized spacial score (nSPS) is 14.5. The van der Waals surface area contributed by atoms with Gasteiger partial charge in [-0.25, -0.2) is 14.2 Å². The maximum absolute atomic E-state index is 13.8. The highest BCUT2D eigenvalue weighted by Crippen LogP contribution is 2.47. The van der Waals surface area contributed by atoms with Crippen LogP contribution in [-0.4, -0.2) is 48.2 Å². The van der Waals surface area contributed by atoms with Crippen molar-refractivity contribution in [1.82, 2.24) is 5.01 Å². The molecule has 1 unspecified atom stereocenters. The molecular formula is C30H26FN3O6S. The third-order valence-electron chi connectivity index (χ3n) is 6.30. The van der Waals surface area contributed by atoms with Gasteiger partial charge in [-0.1, -0.05) is 23.9 Å². The average Bonchev–Trinajstić information content (AvgIpc) is 3.64. The molecule has 0 spiro atoms. The van der Waals surface area contributed by atoms with E-state index >= 15 is 0 Å². The molecule has 0 saturated carbocycles. The molecule has 1 aliphatic rings. The van der Waals surface area contributed by atoms with Crippen LogP contribution in [-0.2, 0) is 6.61 Å². The lowest BCUT2D eigenvalue weighted by atomic mass is 10.1. The number of hydrogen-bond donors (Lipinski definition) is 1. The first-order valence-corrected chi connectivity index (χ1v) is 13.4. The summed E-state index contributed by atoms with van der Waals surface area (Å²) in [6.45, 7) is -0.0386. The molecule has 0 saturated heterocycles. The Bertz CT molecular complexity index is 1600. The second-order valence-corrected chi connectivity index (χ2v) is 10.3. The lowest BCUT2D eigenvalue weighted by Gasteiger charge is -2.24. The predicted molar refractivity (Wildman–Crippen MR) is 153 cm³/mol. The first kappa shape index (κ1) is 27.8. The zero-order valence-corrected chi connectivity index (χ0v) is 23.2. The third kappa shape index (κ3) is 5.90. The summed E-state index contributed by atoms with van der Waals surface area (Å²) < 4.78 is 30.6. The van der Waals surface area contributed by atoms with Gasteiger partial charge in [0, 0.05) is 36.5 Å². The Labute approximate surface area is 239 Å². The Morgan fingerprint density at radius 2 is 1.78 bits per heavy atom. The molecule has 3 aromatic carbocycles. The number of aromatic carboxylic acids is 1. The number of rotatable bonds is 9. The third-order valence-corrected chi connectivity index (χ3v) is 7.51. The summed E-state index contributed by atoms with van der Waals surface area (Å²) in [4.78, 5) is 26.9. The highest BCUT2D eigenvalue weighted by Gasteiger charge is 2.37. The number of ether oxygens (including phenoxy) is 2. The van der Waals surface area contributed by atoms with Crippen LogP contribution in [0.5, 0.6) is 11.5 Å². The monoisotopic (exact) mass is 575 g/mol. The summed E-state index contributed by atoms with van der Waals surface area (Å²) in [7, 11) is 5.33. The molecule has 41 heavy (non-hydrogen) atoms. The number of carbonyl (C=O) groups excluding carboxylic acids is 1. The first-order valence-electron chi connectivity index (χ1n) is 12.5. The molecule has 0 radical (unpaired) electrons. The Hall–Kier alpha value is -4.77. The number of thioether (sulfide) groups is 1. The van der Waals surface area contributed by atoms with Crippen molar-refractivity contribution in [2.45, 2.75) is 12.0 Å². The topological polar surface area (TPSA) is 105 Å². The second-order valence-electron chi connectivity index (χ2n) is 9.21. The molecule has 4 aromatic rings. The number of benzene rings is 3. The van der Waals surface area contributed by atoms with Gasteiger partial charge in [-0.15, -0.1) is 0 Å². The zero-order valence-electron chi connectivity index (χ0n) is 22.4. The van der Waals surface area contributed by atoms with Gasteiger partial charge in [0.05, 0.1) is 7.11 Å². The minimum absolute atomic E-state index is 0.0386. The van der Waals surface area contributed by atoms with Gasteiger partial charge in [0.15, 0.2) is 11.5 Å². The summed E-state index contributed by atoms with van der Waals surface area (Å²) in [6.07, 6.45) is 0. The van der Waals surface area contributed by atoms with E-state index in [1.54, 1.807) is 36.4 Å². The van der Waals surface area contributed by atoms with Crippen LogP contribution in [0.25, 0.3) is 0 Å². The van der Waals surface area contributed by atoms with Crippen molar-refractivity contribution in [3.05, 3.63) is 113 Å². The highest BCUT2D eigenvalue weighted by atomic mass is 32.2. The van der Waals surface area contributed by atoms with Crippen LogP contribution in [0.1, 0.15) is 43.2 Å². The molecule has 9 nitrogen and oxygen atoms in total. The summed E-state index contributed by atoms with van der Waals surface area (Å²) in [5.41, 5.74) is 2.68. The van der Waals surface area contributed by atoms with Gasteiger partial charge >= 0.3 is 5.97 Å². The van der Waals surface area contributed by atoms with Gasteiger partial charge in [0.1, 0.15) is 28.6 Å². The van der Waals surface area contributed by atoms with Crippen LogP contribution in [0.15, 0.2) is 88.4 Å². The van der Waals surface area contributed by atoms with Crippen LogP contribution in [0.2, 0.25) is 0 Å². The number of furan rings is 1. The van der Waals surface area contributed by atoms with E-state index in [2.05, 4.69) is 5.10 Å². The van der Waals surface area contributed by atoms with E-state index < -0.39 is 11.3 Å². The van der Waals surface area contributed by atoms with E-state index in [1.807, 2.05) is 37.2 Å². The number of hydrazone groups is 1. The van der Waals surface area contributed by atoms with Crippen LogP contribution in [0, 0.1) is 5.82 Å². The van der Waals surface area contributed by atoms with E-state index in [0.29, 0.717) is 39.0 Å². The molecule has 1 aliphatic heterocycles. The van der Waals surface area contributed by atoms with E-state index in [-0.39, 0.29) is 24.1 Å². The number of methoxy groups -OCH3 is 1. The van der Waals surface area contributed by atoms with Crippen LogP contribution >= 0.6 is 11.8 Å². The number of hydrogen-bond acceptors (Lipinski definition) is 8. The van der Waals surface area contributed by atoms with Crippen molar-refractivity contribution in [2.24, 2.45) is 5.10 Å². The Kier molecular flexibility index (Phi) is 7.97. The van der Waals surface area contributed by atoms with E-state index in [1.165, 1.54) is 48.1 Å². The van der Waals surface area contributed by atoms with Crippen LogP contribution in [0.3, 0.4) is 0 Å². The fraction of sp³-hybridized carbons (Fsp3) is 0.167. The predicted octanol–water partition coefficient (Wildman–Crippen LogP) is 6.02. The summed E-state index contributed by atoms with van der Waals surface area (Å²) in [5.74, 6) is -0.985. The van der Waals surface area contributed by atoms with E-state index in [9.17, 15) is 14.0 Å². The van der Waals surface area contributed by atoms with Gasteiger partial charge in [-0.05, 0) is 66.7 Å². The maximum Gasteiger partial charge on any atom is 0.371 e. The van der Waals surface area contributed by atoms with Crippen LogP contribution in [0.4, 0.5) is 10.1 Å². The lowest BCUT2D eigenvalue weighted by molar-refractivity contribution is 0.0657. The van der Waals surface area contributed by atoms with Gasteiger partial charge in [-0.3, -0.25) is 4.79 Å². The number of carboxylic acids is 1. The molecular weight excluding hydrogens is 549 g/mol. The van der Waals surface area contributed by atoms with E-state index in [0.717, 1.165) is 5.69 Å². The summed E-state index contributed by atoms with van der Waals surface area (Å²) in [5, 5.41) is 15.1. The fourth-order valence-corrected chi connectivity index (χ4v) is 5.38. The molecule has 0 fully saturated rings. The molecule has 1 atom stereocenters. The minimum atomic E-state index is -1.17. The smallest absolute Gasteiger partial charge is 0.371 e. The molecule has 1 aromatic heterocycles. The molecule has 2 heterocycles. The summed E-state index contributed by atoms with van der Waals surface area (Å²) in [6, 6.07) is 21.3. The Morgan fingerprint density at radius 1 is 1.05 bits per heavy atom. The van der Waals surface area contributed by atoms with Crippen molar-refractivity contribution < 1.29 is 33.0 Å². The van der Waals surface area contributed by atoms with Gasteiger partial charge in [0.2, 0.25) is 5.76 Å². The molecule has 11 heteroatoms.